The van der Waals surface area contributed by atoms with Gasteiger partial charge in [0.2, 0.25) is 0 Å². The van der Waals surface area contributed by atoms with Crippen LogP contribution in [0.2, 0.25) is 0 Å². The van der Waals surface area contributed by atoms with Gasteiger partial charge >= 0.3 is 0 Å². The first-order chi connectivity index (χ1) is 33.3. The number of aromatic nitrogens is 2. The summed E-state index contributed by atoms with van der Waals surface area (Å²) in [5, 5.41) is 0. The summed E-state index contributed by atoms with van der Waals surface area (Å²) >= 11 is 0. The van der Waals surface area contributed by atoms with Crippen LogP contribution in [0.5, 0.6) is 0 Å². The van der Waals surface area contributed by atoms with E-state index in [1.807, 2.05) is 0 Å². The molecule has 13 rings (SSSR count). The summed E-state index contributed by atoms with van der Waals surface area (Å²) in [7, 11) is 4.86. The summed E-state index contributed by atoms with van der Waals surface area (Å²) in [4.78, 5) is 10.6. The van der Waals surface area contributed by atoms with E-state index in [-0.39, 0.29) is 5.41 Å². The molecule has 1 spiro atoms. The highest BCUT2D eigenvalue weighted by Gasteiger charge is 2.57. The molecule has 0 N–H and O–H groups in total. The van der Waals surface area contributed by atoms with Crippen molar-refractivity contribution >= 4 is 26.6 Å². The summed E-state index contributed by atoms with van der Waals surface area (Å²) in [6, 6.07) is 72.2. The molecular formula is C64H54B2N2. The van der Waals surface area contributed by atoms with Gasteiger partial charge in [-0.2, -0.15) is 0 Å². The van der Waals surface area contributed by atoms with Crippen LogP contribution in [0.3, 0.4) is 0 Å². The van der Waals surface area contributed by atoms with E-state index in [4.69, 9.17) is 9.97 Å². The van der Waals surface area contributed by atoms with Gasteiger partial charge in [0.15, 0.2) is 5.82 Å². The van der Waals surface area contributed by atoms with Crippen molar-refractivity contribution in [1.29, 1.82) is 0 Å². The topological polar surface area (TPSA) is 25.8 Å². The fourth-order valence-corrected chi connectivity index (χ4v) is 14.5. The molecule has 4 aliphatic carbocycles. The Bertz CT molecular complexity index is 3320. The van der Waals surface area contributed by atoms with Gasteiger partial charge in [-0.3, -0.25) is 0 Å². The zero-order chi connectivity index (χ0) is 45.7. The van der Waals surface area contributed by atoms with E-state index in [1.54, 1.807) is 5.56 Å². The largest absolute Gasteiger partial charge is 0.228 e. The number of fused-ring (bicyclic) bond motifs is 11. The van der Waals surface area contributed by atoms with Gasteiger partial charge in [-0.15, -0.1) is 0 Å². The first-order valence-electron chi connectivity index (χ1n) is 25.0. The van der Waals surface area contributed by atoms with Crippen LogP contribution in [-0.4, -0.2) is 25.7 Å². The maximum absolute atomic E-state index is 5.38. The van der Waals surface area contributed by atoms with Crippen LogP contribution >= 0.6 is 0 Å². The Balaban J connectivity index is 1.03. The van der Waals surface area contributed by atoms with Crippen LogP contribution < -0.4 is 10.9 Å². The molecule has 326 valence electrons. The summed E-state index contributed by atoms with van der Waals surface area (Å²) < 4.78 is 0. The lowest BCUT2D eigenvalue weighted by Crippen LogP contribution is -2.51. The molecule has 1 aromatic heterocycles. The molecule has 5 atom stereocenters. The van der Waals surface area contributed by atoms with E-state index in [0.29, 0.717) is 17.8 Å². The molecule has 0 radical (unpaired) electrons. The van der Waals surface area contributed by atoms with Gasteiger partial charge in [0, 0.05) is 22.1 Å². The van der Waals surface area contributed by atoms with Crippen LogP contribution in [0, 0.1) is 23.7 Å². The minimum Gasteiger partial charge on any atom is -0.228 e. The Hall–Kier alpha value is -7.03. The van der Waals surface area contributed by atoms with E-state index in [0.717, 1.165) is 39.8 Å². The van der Waals surface area contributed by atoms with Gasteiger partial charge in [-0.05, 0) is 134 Å². The zero-order valence-electron chi connectivity index (χ0n) is 39.5. The average Bonchev–Trinajstić information content (AvgIpc) is 3.87. The third-order valence-corrected chi connectivity index (χ3v) is 17.0. The Morgan fingerprint density at radius 1 is 0.456 bits per heavy atom. The van der Waals surface area contributed by atoms with Crippen molar-refractivity contribution in [2.75, 3.05) is 0 Å². The van der Waals surface area contributed by atoms with E-state index < -0.39 is 5.41 Å². The second kappa shape index (κ2) is 15.8. The molecule has 2 fully saturated rings. The van der Waals surface area contributed by atoms with Crippen molar-refractivity contribution < 1.29 is 0 Å². The predicted molar refractivity (Wildman–Crippen MR) is 287 cm³/mol. The van der Waals surface area contributed by atoms with Gasteiger partial charge < -0.3 is 0 Å². The average molecular weight is 873 g/mol. The molecule has 0 saturated heterocycles. The Labute approximate surface area is 403 Å². The van der Waals surface area contributed by atoms with Crippen molar-refractivity contribution in [2.24, 2.45) is 23.7 Å². The minimum atomic E-state index is -0.454. The lowest BCUT2D eigenvalue weighted by molar-refractivity contribution is 0.0431. The second-order valence-electron chi connectivity index (χ2n) is 20.7. The van der Waals surface area contributed by atoms with Crippen LogP contribution in [0.15, 0.2) is 194 Å². The molecule has 2 saturated carbocycles. The van der Waals surface area contributed by atoms with E-state index in [9.17, 15) is 0 Å². The molecule has 68 heavy (non-hydrogen) atoms. The molecule has 0 aliphatic heterocycles. The zero-order valence-corrected chi connectivity index (χ0v) is 39.5. The third-order valence-electron chi connectivity index (χ3n) is 17.0. The van der Waals surface area contributed by atoms with Gasteiger partial charge in [0.25, 0.3) is 0 Å². The van der Waals surface area contributed by atoms with E-state index in [1.165, 1.54) is 97.8 Å². The van der Waals surface area contributed by atoms with Gasteiger partial charge in [-0.1, -0.05) is 201 Å². The van der Waals surface area contributed by atoms with Crippen molar-refractivity contribution in [1.82, 2.24) is 9.97 Å². The molecule has 0 amide bonds. The third kappa shape index (κ3) is 5.98. The normalized spacial score (nSPS) is 21.4. The Kier molecular flexibility index (Phi) is 9.55. The quantitative estimate of drug-likeness (QED) is 0.156. The lowest BCUT2D eigenvalue weighted by Gasteiger charge is -2.55. The summed E-state index contributed by atoms with van der Waals surface area (Å²) in [5.41, 5.74) is 24.0. The fraction of sp³-hybridized carbons (Fsp3) is 0.188. The van der Waals surface area contributed by atoms with Gasteiger partial charge in [0.1, 0.15) is 15.7 Å². The maximum atomic E-state index is 5.38. The highest BCUT2D eigenvalue weighted by Crippen LogP contribution is 2.65. The van der Waals surface area contributed by atoms with Crippen molar-refractivity contribution in [2.45, 2.75) is 50.4 Å². The second-order valence-corrected chi connectivity index (χ2v) is 20.7. The van der Waals surface area contributed by atoms with Gasteiger partial charge in [0.05, 0.1) is 16.8 Å². The molecule has 9 aromatic rings. The monoisotopic (exact) mass is 872 g/mol. The Morgan fingerprint density at radius 2 is 1.03 bits per heavy atom. The first-order valence-corrected chi connectivity index (χ1v) is 25.0. The highest BCUT2D eigenvalue weighted by molar-refractivity contribution is 6.44. The summed E-state index contributed by atoms with van der Waals surface area (Å²) in [6.07, 6.45) is 5.18. The van der Waals surface area contributed by atoms with Gasteiger partial charge in [-0.25, -0.2) is 9.97 Å². The molecular weight excluding hydrogens is 818 g/mol. The number of nitrogens with zero attached hydrogens (tertiary/aromatic N) is 2. The molecule has 5 unspecified atom stereocenters. The predicted octanol–water partition coefficient (Wildman–Crippen LogP) is 12.4. The van der Waals surface area contributed by atoms with Crippen molar-refractivity contribution in [3.63, 3.8) is 0 Å². The smallest absolute Gasteiger partial charge is 0.160 e. The van der Waals surface area contributed by atoms with Crippen molar-refractivity contribution in [3.05, 3.63) is 228 Å². The summed E-state index contributed by atoms with van der Waals surface area (Å²) in [5.74, 6) is 3.33. The molecule has 2 nitrogen and oxygen atoms in total. The molecule has 2 bridgehead atoms. The number of hydrogen-bond donors (Lipinski definition) is 0. The Morgan fingerprint density at radius 3 is 1.74 bits per heavy atom. The van der Waals surface area contributed by atoms with Crippen LogP contribution in [0.1, 0.15) is 72.9 Å². The minimum absolute atomic E-state index is 0.0911. The lowest BCUT2D eigenvalue weighted by atomic mass is 9.48. The maximum Gasteiger partial charge on any atom is 0.160 e. The molecule has 4 aliphatic rings. The molecule has 4 heteroatoms. The fourth-order valence-electron chi connectivity index (χ4n) is 14.5. The van der Waals surface area contributed by atoms with Crippen LogP contribution in [0.4, 0.5) is 0 Å². The van der Waals surface area contributed by atoms with E-state index in [2.05, 4.69) is 224 Å². The summed E-state index contributed by atoms with van der Waals surface area (Å²) in [6.45, 7) is 5.12. The molecule has 1 heterocycles. The highest BCUT2D eigenvalue weighted by atomic mass is 14.9. The van der Waals surface area contributed by atoms with E-state index >= 15 is 0 Å². The standard InChI is InChI=1S/C64H54B2N2/c1-39-31-41-33-40(2)63(48(32-39)34-41)55-36-45(58-38-57(42-17-7-3-8-18-42)67-62(68-58)43-19-9-4-10-20-43)28-30-51(55)59-60(63)56(65)37-52(61(59)66)44-27-29-50-49-25-15-16-26-53(49)64(54(50)35-44,46-21-11-5-12-22-46)47-23-13-6-14-24-47/h3-30,35-41,48H,31-34,65-66H2,1-2H3. The molecule has 8 aromatic carbocycles. The van der Waals surface area contributed by atoms with Crippen molar-refractivity contribution in [3.8, 4) is 67.3 Å². The van der Waals surface area contributed by atoms with Crippen LogP contribution in [-0.2, 0) is 10.8 Å². The number of hydrogen-bond acceptors (Lipinski definition) is 2. The van der Waals surface area contributed by atoms with Crippen LogP contribution in [0.25, 0.3) is 67.3 Å². The number of benzene rings is 8. The first kappa shape index (κ1) is 41.2. The SMILES string of the molecule is Bc1cc(-c2ccc3c(c2)C(c2ccccc2)(c2ccccc2)c2ccccc2-3)c(B)c2c1C1(c3cc(-c4cc(-c5ccccc5)nc(-c5ccccc5)n4)ccc3-2)C(C)CC2CC(C)CC1C2. The number of rotatable bonds is 6.